The highest BCUT2D eigenvalue weighted by atomic mass is 35.5. The first-order valence-electron chi connectivity index (χ1n) is 8.87. The molecule has 0 saturated heterocycles. The normalized spacial score (nSPS) is 13.3. The third kappa shape index (κ3) is 3.52. The van der Waals surface area contributed by atoms with Crippen molar-refractivity contribution in [3.05, 3.63) is 50.2 Å². The van der Waals surface area contributed by atoms with Crippen LogP contribution < -0.4 is 5.32 Å². The van der Waals surface area contributed by atoms with Gasteiger partial charge in [0, 0.05) is 28.4 Å². The number of nitrogens with zero attached hydrogens (tertiary/aromatic N) is 1. The van der Waals surface area contributed by atoms with Crippen molar-refractivity contribution in [1.29, 1.82) is 0 Å². The van der Waals surface area contributed by atoms with Gasteiger partial charge < -0.3 is 15.0 Å². The number of ether oxygens (including phenoxy) is 1. The van der Waals surface area contributed by atoms with Crippen LogP contribution in [-0.4, -0.2) is 36.3 Å². The van der Waals surface area contributed by atoms with Crippen molar-refractivity contribution in [1.82, 2.24) is 4.90 Å². The fraction of sp³-hybridized carbons (Fsp3) is 0.250. The van der Waals surface area contributed by atoms with Gasteiger partial charge in [0.05, 0.1) is 24.2 Å². The molecule has 3 heterocycles. The standard InChI is InChI=1S/C20H17ClN2O4S2/c1-10(24)23-8-7-11-14(9-23)29-19(15(11)20(26)27-2)22-18(25)17-16(21)12-5-3-4-6-13(12)28-17/h3-6H,7-9H2,1-2H3,(H,22,25). The summed E-state index contributed by atoms with van der Waals surface area (Å²) in [5.74, 6) is -0.897. The molecule has 1 aliphatic rings. The predicted molar refractivity (Wildman–Crippen MR) is 115 cm³/mol. The molecule has 1 N–H and O–H groups in total. The minimum absolute atomic E-state index is 0.0219. The molecule has 0 radical (unpaired) electrons. The van der Waals surface area contributed by atoms with Crippen LogP contribution in [0.4, 0.5) is 5.00 Å². The number of carbonyl (C=O) groups excluding carboxylic acids is 3. The van der Waals surface area contributed by atoms with E-state index >= 15 is 0 Å². The molecule has 4 rings (SSSR count). The Morgan fingerprint density at radius 2 is 1.97 bits per heavy atom. The minimum Gasteiger partial charge on any atom is -0.465 e. The number of thiophene rings is 2. The van der Waals surface area contributed by atoms with Gasteiger partial charge in [0.2, 0.25) is 5.91 Å². The van der Waals surface area contributed by atoms with Crippen LogP contribution in [-0.2, 0) is 22.5 Å². The van der Waals surface area contributed by atoms with E-state index in [0.717, 1.165) is 20.5 Å². The number of methoxy groups -OCH3 is 1. The van der Waals surface area contributed by atoms with Gasteiger partial charge in [-0.1, -0.05) is 29.8 Å². The monoisotopic (exact) mass is 448 g/mol. The largest absolute Gasteiger partial charge is 0.465 e. The Hall–Kier alpha value is -2.42. The fourth-order valence-corrected chi connectivity index (χ4v) is 6.06. The van der Waals surface area contributed by atoms with Gasteiger partial charge >= 0.3 is 5.97 Å². The molecule has 0 aliphatic carbocycles. The van der Waals surface area contributed by atoms with Crippen molar-refractivity contribution < 1.29 is 19.1 Å². The predicted octanol–water partition coefficient (Wildman–Crippen LogP) is 4.56. The molecule has 0 atom stereocenters. The summed E-state index contributed by atoms with van der Waals surface area (Å²) in [7, 11) is 1.31. The molecule has 0 bridgehead atoms. The highest BCUT2D eigenvalue weighted by molar-refractivity contribution is 7.22. The average molecular weight is 449 g/mol. The maximum absolute atomic E-state index is 13.0. The second-order valence-electron chi connectivity index (χ2n) is 6.59. The molecule has 1 aliphatic heterocycles. The van der Waals surface area contributed by atoms with Crippen LogP contribution in [0.15, 0.2) is 24.3 Å². The summed E-state index contributed by atoms with van der Waals surface area (Å²) >= 11 is 9.02. The molecule has 2 aromatic heterocycles. The Balaban J connectivity index is 1.71. The van der Waals surface area contributed by atoms with Gasteiger partial charge in [-0.05, 0) is 18.1 Å². The van der Waals surface area contributed by atoms with E-state index in [9.17, 15) is 14.4 Å². The summed E-state index contributed by atoms with van der Waals surface area (Å²) in [4.78, 5) is 40.1. The molecule has 0 unspecified atom stereocenters. The van der Waals surface area contributed by atoms with Crippen molar-refractivity contribution in [3.63, 3.8) is 0 Å². The maximum atomic E-state index is 13.0. The third-order valence-electron chi connectivity index (χ3n) is 4.86. The summed E-state index contributed by atoms with van der Waals surface area (Å²) in [6.45, 7) is 2.46. The number of fused-ring (bicyclic) bond motifs is 2. The van der Waals surface area contributed by atoms with Crippen LogP contribution in [0.2, 0.25) is 5.02 Å². The number of nitrogens with one attached hydrogen (secondary N) is 1. The Bertz CT molecular complexity index is 1150. The second kappa shape index (κ2) is 7.78. The topological polar surface area (TPSA) is 75.7 Å². The van der Waals surface area contributed by atoms with Crippen molar-refractivity contribution >= 4 is 67.1 Å². The number of hydrogen-bond donors (Lipinski definition) is 1. The van der Waals surface area contributed by atoms with Gasteiger partial charge in [0.1, 0.15) is 9.88 Å². The van der Waals surface area contributed by atoms with E-state index in [1.807, 2.05) is 24.3 Å². The molecule has 2 amide bonds. The molecule has 6 nitrogen and oxygen atoms in total. The Morgan fingerprint density at radius 1 is 1.21 bits per heavy atom. The highest BCUT2D eigenvalue weighted by Gasteiger charge is 2.30. The molecule has 0 fully saturated rings. The SMILES string of the molecule is COC(=O)c1c(NC(=O)c2sc3ccccc3c2Cl)sc2c1CCN(C(C)=O)C2. The first-order chi connectivity index (χ1) is 13.9. The average Bonchev–Trinajstić information content (AvgIpc) is 3.24. The molecule has 150 valence electrons. The van der Waals surface area contributed by atoms with E-state index < -0.39 is 5.97 Å². The first-order valence-corrected chi connectivity index (χ1v) is 10.9. The molecule has 0 saturated carbocycles. The van der Waals surface area contributed by atoms with E-state index in [0.29, 0.717) is 40.0 Å². The summed E-state index contributed by atoms with van der Waals surface area (Å²) in [5, 5.41) is 4.48. The number of anilines is 1. The zero-order valence-electron chi connectivity index (χ0n) is 15.7. The molecule has 9 heteroatoms. The van der Waals surface area contributed by atoms with Gasteiger partial charge in [0.25, 0.3) is 5.91 Å². The van der Waals surface area contributed by atoms with E-state index in [1.165, 1.54) is 36.7 Å². The van der Waals surface area contributed by atoms with E-state index in [-0.39, 0.29) is 11.8 Å². The number of esters is 1. The second-order valence-corrected chi connectivity index (χ2v) is 9.12. The van der Waals surface area contributed by atoms with Crippen LogP contribution in [0.1, 0.15) is 37.4 Å². The lowest BCUT2D eigenvalue weighted by Crippen LogP contribution is -2.33. The van der Waals surface area contributed by atoms with Crippen molar-refractivity contribution in [2.45, 2.75) is 19.9 Å². The minimum atomic E-state index is -0.503. The van der Waals surface area contributed by atoms with E-state index in [2.05, 4.69) is 5.32 Å². The summed E-state index contributed by atoms with van der Waals surface area (Å²) < 4.78 is 5.86. The van der Waals surface area contributed by atoms with Crippen LogP contribution in [0, 0.1) is 0 Å². The van der Waals surface area contributed by atoms with Crippen molar-refractivity contribution in [2.24, 2.45) is 0 Å². The van der Waals surface area contributed by atoms with Crippen molar-refractivity contribution in [2.75, 3.05) is 19.0 Å². The summed E-state index contributed by atoms with van der Waals surface area (Å²) in [6, 6.07) is 7.53. The molecule has 29 heavy (non-hydrogen) atoms. The van der Waals surface area contributed by atoms with E-state index in [1.54, 1.807) is 4.90 Å². The third-order valence-corrected chi connectivity index (χ3v) is 7.67. The lowest BCUT2D eigenvalue weighted by molar-refractivity contribution is -0.129. The molecule has 0 spiro atoms. The smallest absolute Gasteiger partial charge is 0.341 e. The Morgan fingerprint density at radius 3 is 2.66 bits per heavy atom. The van der Waals surface area contributed by atoms with E-state index in [4.69, 9.17) is 16.3 Å². The zero-order valence-corrected chi connectivity index (χ0v) is 18.1. The van der Waals surface area contributed by atoms with Gasteiger partial charge in [-0.3, -0.25) is 9.59 Å². The number of hydrogen-bond acceptors (Lipinski definition) is 6. The first kappa shape index (κ1) is 19.9. The number of halogens is 1. The molecular formula is C20H17ClN2O4S2. The summed E-state index contributed by atoms with van der Waals surface area (Å²) in [6.07, 6.45) is 0.537. The molecule has 3 aromatic rings. The zero-order chi connectivity index (χ0) is 20.7. The lowest BCUT2D eigenvalue weighted by Gasteiger charge is -2.25. The summed E-state index contributed by atoms with van der Waals surface area (Å²) in [5.41, 5.74) is 1.19. The fourth-order valence-electron chi connectivity index (χ4n) is 3.40. The lowest BCUT2D eigenvalue weighted by atomic mass is 10.0. The maximum Gasteiger partial charge on any atom is 0.341 e. The highest BCUT2D eigenvalue weighted by Crippen LogP contribution is 2.40. The Kier molecular flexibility index (Phi) is 5.33. The quantitative estimate of drug-likeness (QED) is 0.596. The van der Waals surface area contributed by atoms with Crippen LogP contribution in [0.3, 0.4) is 0 Å². The molecule has 1 aromatic carbocycles. The molecular weight excluding hydrogens is 432 g/mol. The number of rotatable bonds is 3. The van der Waals surface area contributed by atoms with Crippen molar-refractivity contribution in [3.8, 4) is 0 Å². The Labute approximate surface area is 180 Å². The number of benzene rings is 1. The number of carbonyl (C=O) groups is 3. The van der Waals surface area contributed by atoms with Gasteiger partial charge in [-0.25, -0.2) is 4.79 Å². The number of amides is 2. The van der Waals surface area contributed by atoms with Gasteiger partial charge in [0.15, 0.2) is 0 Å². The van der Waals surface area contributed by atoms with Crippen LogP contribution in [0.25, 0.3) is 10.1 Å². The van der Waals surface area contributed by atoms with Crippen LogP contribution >= 0.6 is 34.3 Å². The van der Waals surface area contributed by atoms with Gasteiger partial charge in [-0.15, -0.1) is 22.7 Å². The van der Waals surface area contributed by atoms with Gasteiger partial charge in [-0.2, -0.15) is 0 Å². The van der Waals surface area contributed by atoms with Crippen LogP contribution in [0.5, 0.6) is 0 Å².